The molecule has 0 unspecified atom stereocenters. The molecule has 0 saturated carbocycles. The molecule has 0 saturated heterocycles. The Morgan fingerprint density at radius 3 is 1.64 bits per heavy atom. The summed E-state index contributed by atoms with van der Waals surface area (Å²) in [4.78, 5) is 0. The third-order valence-corrected chi connectivity index (χ3v) is 13.8. The van der Waals surface area contributed by atoms with Crippen LogP contribution in [0.2, 0.25) is 0 Å². The predicted octanol–water partition coefficient (Wildman–Crippen LogP) is 6.92. The third-order valence-electron chi connectivity index (χ3n) is 5.25. The van der Waals surface area contributed by atoms with Crippen molar-refractivity contribution < 1.29 is 25.6 Å². The van der Waals surface area contributed by atoms with Gasteiger partial charge in [-0.05, 0) is 0 Å². The van der Waals surface area contributed by atoms with Gasteiger partial charge < -0.3 is 0 Å². The van der Waals surface area contributed by atoms with Crippen molar-refractivity contribution in [1.82, 2.24) is 0 Å². The number of hydrogen-bond donors (Lipinski definition) is 0. The molecule has 1 aromatic carbocycles. The number of halogens is 3. The first-order valence-corrected chi connectivity index (χ1v) is 14.4. The Balaban J connectivity index is 3.61. The van der Waals surface area contributed by atoms with Crippen LogP contribution in [0.4, 0.5) is 13.2 Å². The summed E-state index contributed by atoms with van der Waals surface area (Å²) in [5.41, 5.74) is -4.56. The van der Waals surface area contributed by atoms with Gasteiger partial charge in [0.25, 0.3) is 0 Å². The van der Waals surface area contributed by atoms with Crippen molar-refractivity contribution in [3.8, 4) is 0 Å². The average Bonchev–Trinajstić information content (AvgIpc) is 2.63. The molecular formula is C20H34F3O3PS. The summed E-state index contributed by atoms with van der Waals surface area (Å²) in [7, 11) is -5.67. The molecule has 0 spiro atoms. The summed E-state index contributed by atoms with van der Waals surface area (Å²) in [6.45, 7) is 2.19. The van der Waals surface area contributed by atoms with E-state index in [0.717, 1.165) is 24.8 Å². The maximum absolute atomic E-state index is 13.3. The fraction of sp³-hybridized carbons (Fsp3) is 0.700. The van der Waals surface area contributed by atoms with Crippen LogP contribution in [0, 0.1) is 0 Å². The molecule has 0 aromatic heterocycles. The number of rotatable bonds is 13. The Hall–Kier alpha value is -0.650. The van der Waals surface area contributed by atoms with Crippen molar-refractivity contribution in [2.24, 2.45) is 0 Å². The molecule has 0 radical (unpaired) electrons. The van der Waals surface area contributed by atoms with Gasteiger partial charge >= 0.3 is 168 Å². The number of unbranched alkanes of at least 4 members (excludes halogenated alkanes) is 3. The van der Waals surface area contributed by atoms with Crippen LogP contribution in [0.5, 0.6) is 0 Å². The van der Waals surface area contributed by atoms with E-state index in [1.165, 1.54) is 0 Å². The summed E-state index contributed by atoms with van der Waals surface area (Å²) < 4.78 is 70.0. The summed E-state index contributed by atoms with van der Waals surface area (Å²) in [5, 5.41) is 0. The number of alkyl halides is 3. The van der Waals surface area contributed by atoms with E-state index < -0.39 is 22.5 Å². The molecule has 28 heavy (non-hydrogen) atoms. The van der Waals surface area contributed by atoms with Crippen LogP contribution in [-0.2, 0) is 20.3 Å². The fourth-order valence-electron chi connectivity index (χ4n) is 3.75. The van der Waals surface area contributed by atoms with Crippen molar-refractivity contribution >= 4 is 16.9 Å². The van der Waals surface area contributed by atoms with Gasteiger partial charge in [-0.25, -0.2) is 0 Å². The molecule has 0 amide bonds. The molecule has 1 rings (SSSR count). The zero-order chi connectivity index (χ0) is 21.3. The van der Waals surface area contributed by atoms with Crippen LogP contribution in [-0.4, -0.2) is 32.4 Å². The van der Waals surface area contributed by atoms with Crippen molar-refractivity contribution in [2.75, 3.05) is 18.5 Å². The Morgan fingerprint density at radius 1 is 0.857 bits per heavy atom. The molecule has 164 valence electrons. The van der Waals surface area contributed by atoms with Crippen LogP contribution >= 0.6 is 6.83 Å². The molecule has 8 heteroatoms. The van der Waals surface area contributed by atoms with Crippen LogP contribution in [0.25, 0.3) is 0 Å². The minimum atomic E-state index is -5.67. The van der Waals surface area contributed by atoms with E-state index in [4.69, 9.17) is 3.97 Å². The SMILES string of the molecule is CCCCP(CCCC)(CCCC)(Cc1ccccc1)OS(=O)(=O)C(F)(F)F. The predicted molar refractivity (Wildman–Crippen MR) is 112 cm³/mol. The van der Waals surface area contributed by atoms with Crippen molar-refractivity contribution in [1.29, 1.82) is 0 Å². The number of benzene rings is 1. The Labute approximate surface area is 168 Å². The summed E-state index contributed by atoms with van der Waals surface area (Å²) in [6.07, 6.45) is 5.82. The molecule has 0 aliphatic heterocycles. The Kier molecular flexibility index (Phi) is 9.43. The standard InChI is InChI=1S/C20H34F3O3PS/c1-4-7-15-27(16-8-5-2,17-9-6-3,18-19-13-11-10-12-14-19)26-28(24,25)20(21,22)23/h10-14H,4-9,15-18H2,1-3H3. The fourth-order valence-corrected chi connectivity index (χ4v) is 13.0. The second-order valence-corrected chi connectivity index (χ2v) is 15.0. The summed E-state index contributed by atoms with van der Waals surface area (Å²) >= 11 is 0. The zero-order valence-corrected chi connectivity index (χ0v) is 18.9. The van der Waals surface area contributed by atoms with Crippen LogP contribution in [0.1, 0.15) is 64.9 Å². The number of hydrogen-bond acceptors (Lipinski definition) is 3. The van der Waals surface area contributed by atoms with Gasteiger partial charge in [0, 0.05) is 0 Å². The van der Waals surface area contributed by atoms with Gasteiger partial charge in [0.1, 0.15) is 0 Å². The normalized spacial score (nSPS) is 14.6. The quantitative estimate of drug-likeness (QED) is 0.246. The Morgan fingerprint density at radius 2 is 1.29 bits per heavy atom. The molecule has 0 fully saturated rings. The third kappa shape index (κ3) is 6.70. The van der Waals surface area contributed by atoms with Crippen molar-refractivity contribution in [2.45, 2.75) is 71.0 Å². The van der Waals surface area contributed by atoms with Gasteiger partial charge in [-0.2, -0.15) is 0 Å². The van der Waals surface area contributed by atoms with Gasteiger partial charge in [0.05, 0.1) is 0 Å². The first-order valence-electron chi connectivity index (χ1n) is 10.1. The van der Waals surface area contributed by atoms with E-state index in [1.807, 2.05) is 51.1 Å². The van der Waals surface area contributed by atoms with Gasteiger partial charge in [0.2, 0.25) is 0 Å². The first-order chi connectivity index (χ1) is 13.0. The first kappa shape index (κ1) is 25.4. The molecule has 0 aliphatic rings. The zero-order valence-electron chi connectivity index (χ0n) is 17.2. The van der Waals surface area contributed by atoms with E-state index in [-0.39, 0.29) is 6.16 Å². The molecular weight excluding hydrogens is 408 g/mol. The average molecular weight is 443 g/mol. The second-order valence-electron chi connectivity index (χ2n) is 7.71. The molecule has 0 N–H and O–H groups in total. The van der Waals surface area contributed by atoms with E-state index in [2.05, 4.69) is 0 Å². The van der Waals surface area contributed by atoms with E-state index >= 15 is 0 Å². The van der Waals surface area contributed by atoms with Crippen molar-refractivity contribution in [3.63, 3.8) is 0 Å². The monoisotopic (exact) mass is 442 g/mol. The van der Waals surface area contributed by atoms with Gasteiger partial charge in [-0.3, -0.25) is 0 Å². The van der Waals surface area contributed by atoms with Gasteiger partial charge in [-0.15, -0.1) is 0 Å². The van der Waals surface area contributed by atoms with Crippen LogP contribution < -0.4 is 0 Å². The summed E-state index contributed by atoms with van der Waals surface area (Å²) in [5.74, 6) is 0. The van der Waals surface area contributed by atoms with E-state index in [9.17, 15) is 21.6 Å². The Bertz CT molecular complexity index is 666. The van der Waals surface area contributed by atoms with Gasteiger partial charge in [0.15, 0.2) is 0 Å². The second kappa shape index (κ2) is 10.4. The van der Waals surface area contributed by atoms with Crippen molar-refractivity contribution in [3.05, 3.63) is 35.9 Å². The molecule has 0 aliphatic carbocycles. The maximum atomic E-state index is 13.3. The molecule has 3 nitrogen and oxygen atoms in total. The topological polar surface area (TPSA) is 43.4 Å². The molecule has 1 aromatic rings. The molecule has 0 bridgehead atoms. The molecule has 0 atom stereocenters. The van der Waals surface area contributed by atoms with E-state index in [0.29, 0.717) is 37.7 Å². The van der Waals surface area contributed by atoms with Gasteiger partial charge in [-0.1, -0.05) is 0 Å². The van der Waals surface area contributed by atoms with E-state index in [1.54, 1.807) is 0 Å². The molecule has 0 heterocycles. The minimum absolute atomic E-state index is 0.280. The van der Waals surface area contributed by atoms with Crippen LogP contribution in [0.15, 0.2) is 30.3 Å². The summed E-state index contributed by atoms with van der Waals surface area (Å²) in [6, 6.07) is 9.22. The van der Waals surface area contributed by atoms with Crippen LogP contribution in [0.3, 0.4) is 0 Å².